The quantitative estimate of drug-likeness (QED) is 0.181. The van der Waals surface area contributed by atoms with Gasteiger partial charge in [-0.3, -0.25) is 0 Å². The molecule has 54 heavy (non-hydrogen) atoms. The molecule has 11 aromatic rings. The Bertz CT molecular complexity index is 3120. The average molecular weight is 690 g/mol. The Balaban J connectivity index is 1.20. The molecule has 0 aliphatic heterocycles. The Morgan fingerprint density at radius 3 is 1.06 bits per heavy atom. The monoisotopic (exact) mass is 689 g/mol. The van der Waals surface area contributed by atoms with Gasteiger partial charge in [-0.1, -0.05) is 140 Å². The topological polar surface area (TPSA) is 48.5 Å². The van der Waals surface area contributed by atoms with Crippen LogP contribution in [0.4, 0.5) is 0 Å². The van der Waals surface area contributed by atoms with Gasteiger partial charge in [-0.15, -0.1) is 0 Å². The second kappa shape index (κ2) is 12.1. The zero-order valence-corrected chi connectivity index (χ0v) is 29.1. The van der Waals surface area contributed by atoms with Gasteiger partial charge >= 0.3 is 0 Å². The Morgan fingerprint density at radius 2 is 0.611 bits per heavy atom. The zero-order chi connectivity index (χ0) is 35.6. The zero-order valence-electron chi connectivity index (χ0n) is 29.1. The third-order valence-corrected chi connectivity index (χ3v) is 10.5. The van der Waals surface area contributed by atoms with E-state index in [1.54, 1.807) is 0 Å². The van der Waals surface area contributed by atoms with Gasteiger partial charge in [0.2, 0.25) is 0 Å². The SMILES string of the molecule is c1ccc(-c2nc(-c3ccccc3)nc(-c3ccc(-n4c5ccccc5c5c6ccccc6c6c7ccccc7n(-c7ccccc7)c6c54)cc3)n2)cc1. The molecule has 5 nitrogen and oxygen atoms in total. The Hall–Kier alpha value is -7.37. The standard InChI is InChI=1S/C49H31N5/c1-4-16-32(17-5-1)47-50-48(33-18-6-2-7-19-33)52-49(51-47)34-28-30-36(31-29-34)54-42-27-15-13-25-40(42)44-38-23-11-10-22-37(38)43-39-24-12-14-26-41(39)53(45(43)46(44)54)35-20-8-3-9-21-35/h1-31H. The van der Waals surface area contributed by atoms with Gasteiger partial charge < -0.3 is 9.13 Å². The predicted octanol–water partition coefficient (Wildman–Crippen LogP) is 12.2. The summed E-state index contributed by atoms with van der Waals surface area (Å²) >= 11 is 0. The third kappa shape index (κ3) is 4.62. The molecule has 0 aliphatic carbocycles. The highest BCUT2D eigenvalue weighted by Gasteiger charge is 2.24. The molecule has 252 valence electrons. The molecule has 0 fully saturated rings. The number of hydrogen-bond donors (Lipinski definition) is 0. The lowest BCUT2D eigenvalue weighted by Crippen LogP contribution is -2.01. The third-order valence-electron chi connectivity index (χ3n) is 10.5. The van der Waals surface area contributed by atoms with Crippen molar-refractivity contribution in [3.8, 4) is 45.5 Å². The number of rotatable bonds is 5. The van der Waals surface area contributed by atoms with Crippen LogP contribution in [0.15, 0.2) is 188 Å². The summed E-state index contributed by atoms with van der Waals surface area (Å²) in [4.78, 5) is 14.9. The van der Waals surface area contributed by atoms with E-state index in [2.05, 4.69) is 137 Å². The van der Waals surface area contributed by atoms with E-state index in [-0.39, 0.29) is 0 Å². The van der Waals surface area contributed by atoms with Gasteiger partial charge in [0.1, 0.15) is 0 Å². The second-order valence-electron chi connectivity index (χ2n) is 13.6. The minimum absolute atomic E-state index is 0.633. The number of benzene rings is 8. The number of fused-ring (bicyclic) bond motifs is 10. The largest absolute Gasteiger partial charge is 0.307 e. The first-order chi connectivity index (χ1) is 26.8. The fourth-order valence-corrected chi connectivity index (χ4v) is 8.20. The van der Waals surface area contributed by atoms with Crippen molar-refractivity contribution in [3.63, 3.8) is 0 Å². The van der Waals surface area contributed by atoms with Crippen LogP contribution in [-0.2, 0) is 0 Å². The van der Waals surface area contributed by atoms with Crippen LogP contribution in [0, 0.1) is 0 Å². The minimum Gasteiger partial charge on any atom is -0.307 e. The van der Waals surface area contributed by atoms with Crippen LogP contribution in [0.5, 0.6) is 0 Å². The molecule has 0 saturated heterocycles. The maximum absolute atomic E-state index is 5.00. The van der Waals surface area contributed by atoms with Crippen molar-refractivity contribution in [2.75, 3.05) is 0 Å². The summed E-state index contributed by atoms with van der Waals surface area (Å²) in [6, 6.07) is 66.1. The summed E-state index contributed by atoms with van der Waals surface area (Å²) in [6.07, 6.45) is 0. The van der Waals surface area contributed by atoms with Crippen molar-refractivity contribution in [1.29, 1.82) is 0 Å². The molecule has 0 atom stereocenters. The summed E-state index contributed by atoms with van der Waals surface area (Å²) in [7, 11) is 0. The van der Waals surface area contributed by atoms with Crippen LogP contribution >= 0.6 is 0 Å². The number of hydrogen-bond acceptors (Lipinski definition) is 3. The van der Waals surface area contributed by atoms with Crippen molar-refractivity contribution in [3.05, 3.63) is 188 Å². The Kier molecular flexibility index (Phi) is 6.79. The fraction of sp³-hybridized carbons (Fsp3) is 0. The highest BCUT2D eigenvalue weighted by Crippen LogP contribution is 2.46. The maximum atomic E-state index is 5.00. The van der Waals surface area contributed by atoms with Gasteiger partial charge in [-0.2, -0.15) is 0 Å². The highest BCUT2D eigenvalue weighted by molar-refractivity contribution is 6.36. The average Bonchev–Trinajstić information content (AvgIpc) is 3.79. The lowest BCUT2D eigenvalue weighted by atomic mass is 9.98. The summed E-state index contributed by atoms with van der Waals surface area (Å²) in [6.45, 7) is 0. The van der Waals surface area contributed by atoms with Crippen LogP contribution in [0.1, 0.15) is 0 Å². The first-order valence-corrected chi connectivity index (χ1v) is 18.2. The molecule has 0 N–H and O–H groups in total. The number of aromatic nitrogens is 5. The molecule has 0 radical (unpaired) electrons. The van der Waals surface area contributed by atoms with Crippen molar-refractivity contribution >= 4 is 54.4 Å². The van der Waals surface area contributed by atoms with Crippen molar-refractivity contribution in [2.45, 2.75) is 0 Å². The highest BCUT2D eigenvalue weighted by atomic mass is 15.1. The first kappa shape index (κ1) is 30.3. The molecule has 5 heteroatoms. The van der Waals surface area contributed by atoms with Crippen LogP contribution in [-0.4, -0.2) is 24.1 Å². The van der Waals surface area contributed by atoms with Crippen LogP contribution in [0.25, 0.3) is 99.9 Å². The van der Waals surface area contributed by atoms with E-state index in [0.717, 1.165) is 33.6 Å². The fourth-order valence-electron chi connectivity index (χ4n) is 8.20. The molecular weight excluding hydrogens is 659 g/mol. The summed E-state index contributed by atoms with van der Waals surface area (Å²) in [5.41, 5.74) is 9.71. The molecule has 0 aliphatic rings. The molecule has 11 rings (SSSR count). The van der Waals surface area contributed by atoms with E-state index in [9.17, 15) is 0 Å². The maximum Gasteiger partial charge on any atom is 0.164 e. The summed E-state index contributed by atoms with van der Waals surface area (Å²) < 4.78 is 4.89. The van der Waals surface area contributed by atoms with Gasteiger partial charge in [0, 0.05) is 49.6 Å². The Morgan fingerprint density at radius 1 is 0.278 bits per heavy atom. The van der Waals surface area contributed by atoms with Gasteiger partial charge in [0.25, 0.3) is 0 Å². The van der Waals surface area contributed by atoms with Gasteiger partial charge in [0.05, 0.1) is 22.1 Å². The van der Waals surface area contributed by atoms with E-state index in [1.165, 1.54) is 48.9 Å². The molecule has 8 aromatic carbocycles. The van der Waals surface area contributed by atoms with Gasteiger partial charge in [-0.25, -0.2) is 15.0 Å². The van der Waals surface area contributed by atoms with Gasteiger partial charge in [-0.05, 0) is 59.3 Å². The molecule has 0 unspecified atom stereocenters. The lowest BCUT2D eigenvalue weighted by Gasteiger charge is -2.14. The summed E-state index contributed by atoms with van der Waals surface area (Å²) in [5, 5.41) is 7.45. The molecule has 0 bridgehead atoms. The normalized spacial score (nSPS) is 11.7. The number of nitrogens with zero attached hydrogens (tertiary/aromatic N) is 5. The van der Waals surface area contributed by atoms with Crippen molar-refractivity contribution < 1.29 is 0 Å². The van der Waals surface area contributed by atoms with E-state index in [4.69, 9.17) is 15.0 Å². The van der Waals surface area contributed by atoms with E-state index >= 15 is 0 Å². The second-order valence-corrected chi connectivity index (χ2v) is 13.6. The Labute approximate surface area is 311 Å². The molecule has 0 saturated carbocycles. The minimum atomic E-state index is 0.633. The van der Waals surface area contributed by atoms with Crippen LogP contribution < -0.4 is 0 Å². The van der Waals surface area contributed by atoms with Crippen LogP contribution in [0.3, 0.4) is 0 Å². The molecule has 0 amide bonds. The molecule has 0 spiro atoms. The molecule has 3 heterocycles. The number of para-hydroxylation sites is 3. The lowest BCUT2D eigenvalue weighted by molar-refractivity contribution is 1.07. The van der Waals surface area contributed by atoms with Crippen molar-refractivity contribution in [2.24, 2.45) is 0 Å². The van der Waals surface area contributed by atoms with E-state index in [0.29, 0.717) is 17.5 Å². The predicted molar refractivity (Wildman–Crippen MR) is 222 cm³/mol. The smallest absolute Gasteiger partial charge is 0.164 e. The van der Waals surface area contributed by atoms with Gasteiger partial charge in [0.15, 0.2) is 17.5 Å². The van der Waals surface area contributed by atoms with E-state index < -0.39 is 0 Å². The summed E-state index contributed by atoms with van der Waals surface area (Å²) in [5.74, 6) is 1.93. The molecule has 3 aromatic heterocycles. The molecular formula is C49H31N5. The first-order valence-electron chi connectivity index (χ1n) is 18.2. The van der Waals surface area contributed by atoms with Crippen LogP contribution in [0.2, 0.25) is 0 Å². The van der Waals surface area contributed by atoms with E-state index in [1.807, 2.05) is 60.7 Å². The van der Waals surface area contributed by atoms with Crippen molar-refractivity contribution in [1.82, 2.24) is 24.1 Å².